The van der Waals surface area contributed by atoms with Crippen LogP contribution in [0, 0.1) is 0 Å². The molecule has 0 aromatic carbocycles. The van der Waals surface area contributed by atoms with Crippen molar-refractivity contribution < 1.29 is 4.79 Å². The van der Waals surface area contributed by atoms with Crippen molar-refractivity contribution in [2.75, 3.05) is 39.8 Å². The molecule has 0 bridgehead atoms. The molecular weight excluding hydrogens is 166 g/mol. The largest absolute Gasteiger partial charge is 0.340 e. The first-order valence-electron chi connectivity index (χ1n) is 4.97. The molecule has 1 aliphatic rings. The maximum Gasteiger partial charge on any atom is 0.222 e. The van der Waals surface area contributed by atoms with E-state index in [-0.39, 0.29) is 0 Å². The van der Waals surface area contributed by atoms with Crippen LogP contribution in [-0.2, 0) is 4.79 Å². The van der Waals surface area contributed by atoms with Gasteiger partial charge in [0, 0.05) is 32.6 Å². The lowest BCUT2D eigenvalue weighted by molar-refractivity contribution is -0.131. The van der Waals surface area contributed by atoms with E-state index in [4.69, 9.17) is 0 Å². The number of carbonyl (C=O) groups is 1. The van der Waals surface area contributed by atoms with Crippen LogP contribution in [-0.4, -0.2) is 50.6 Å². The second-order valence-corrected chi connectivity index (χ2v) is 3.34. The topological polar surface area (TPSA) is 44.4 Å². The van der Waals surface area contributed by atoms with Gasteiger partial charge in [-0.1, -0.05) is 0 Å². The van der Waals surface area contributed by atoms with E-state index in [2.05, 4.69) is 10.6 Å². The van der Waals surface area contributed by atoms with Crippen molar-refractivity contribution in [1.82, 2.24) is 15.5 Å². The zero-order valence-corrected chi connectivity index (χ0v) is 8.31. The van der Waals surface area contributed by atoms with Gasteiger partial charge in [0.1, 0.15) is 0 Å². The Hall–Kier alpha value is -0.610. The summed E-state index contributed by atoms with van der Waals surface area (Å²) in [6.45, 7) is 4.56. The van der Waals surface area contributed by atoms with E-state index < -0.39 is 0 Å². The molecule has 0 aliphatic carbocycles. The smallest absolute Gasteiger partial charge is 0.222 e. The van der Waals surface area contributed by atoms with E-state index in [1.807, 2.05) is 11.9 Å². The minimum Gasteiger partial charge on any atom is -0.340 e. The van der Waals surface area contributed by atoms with Gasteiger partial charge < -0.3 is 15.5 Å². The molecule has 1 amide bonds. The second kappa shape index (κ2) is 5.94. The van der Waals surface area contributed by atoms with Crippen LogP contribution >= 0.6 is 0 Å². The summed E-state index contributed by atoms with van der Waals surface area (Å²) in [5.74, 6) is 0.303. The molecule has 0 aromatic heterocycles. The summed E-state index contributed by atoms with van der Waals surface area (Å²) in [6, 6.07) is 0. The average molecular weight is 185 g/mol. The molecule has 1 heterocycles. The Balaban J connectivity index is 2.13. The zero-order chi connectivity index (χ0) is 9.52. The molecule has 0 aromatic rings. The number of hydrogen-bond acceptors (Lipinski definition) is 3. The van der Waals surface area contributed by atoms with Gasteiger partial charge in [-0.3, -0.25) is 4.79 Å². The monoisotopic (exact) mass is 185 g/mol. The van der Waals surface area contributed by atoms with Crippen LogP contribution in [0.3, 0.4) is 0 Å². The molecule has 0 spiro atoms. The van der Waals surface area contributed by atoms with Crippen molar-refractivity contribution in [1.29, 1.82) is 0 Å². The lowest BCUT2D eigenvalue weighted by Crippen LogP contribution is -2.46. The molecule has 76 valence electrons. The molecule has 13 heavy (non-hydrogen) atoms. The Morgan fingerprint density at radius 3 is 2.77 bits per heavy atom. The third-order valence-corrected chi connectivity index (χ3v) is 2.29. The number of carbonyl (C=O) groups excluding carboxylic acids is 1. The van der Waals surface area contributed by atoms with Crippen molar-refractivity contribution in [2.45, 2.75) is 12.8 Å². The van der Waals surface area contributed by atoms with Gasteiger partial charge in [-0.15, -0.1) is 0 Å². The Kier molecular flexibility index (Phi) is 4.78. The van der Waals surface area contributed by atoms with E-state index in [1.54, 1.807) is 0 Å². The number of rotatable bonds is 4. The number of piperazine rings is 1. The van der Waals surface area contributed by atoms with Crippen molar-refractivity contribution in [3.8, 4) is 0 Å². The van der Waals surface area contributed by atoms with Crippen molar-refractivity contribution in [3.63, 3.8) is 0 Å². The summed E-state index contributed by atoms with van der Waals surface area (Å²) >= 11 is 0. The van der Waals surface area contributed by atoms with Crippen LogP contribution in [0.4, 0.5) is 0 Å². The molecule has 0 saturated carbocycles. The van der Waals surface area contributed by atoms with Crippen LogP contribution in [0.2, 0.25) is 0 Å². The van der Waals surface area contributed by atoms with Gasteiger partial charge in [-0.2, -0.15) is 0 Å². The maximum absolute atomic E-state index is 11.5. The third kappa shape index (κ3) is 3.74. The quantitative estimate of drug-likeness (QED) is 0.576. The maximum atomic E-state index is 11.5. The first-order chi connectivity index (χ1) is 6.34. The zero-order valence-electron chi connectivity index (χ0n) is 8.31. The molecular formula is C9H19N3O. The number of nitrogens with one attached hydrogen (secondary N) is 2. The molecule has 1 fully saturated rings. The highest BCUT2D eigenvalue weighted by Crippen LogP contribution is 1.98. The van der Waals surface area contributed by atoms with Crippen LogP contribution in [0.1, 0.15) is 12.8 Å². The number of amides is 1. The molecule has 0 atom stereocenters. The van der Waals surface area contributed by atoms with Gasteiger partial charge in [0.05, 0.1) is 0 Å². The molecule has 1 saturated heterocycles. The van der Waals surface area contributed by atoms with Crippen LogP contribution in [0.25, 0.3) is 0 Å². The Morgan fingerprint density at radius 2 is 2.15 bits per heavy atom. The van der Waals surface area contributed by atoms with E-state index in [9.17, 15) is 4.79 Å². The fourth-order valence-corrected chi connectivity index (χ4v) is 1.49. The lowest BCUT2D eigenvalue weighted by atomic mass is 10.2. The van der Waals surface area contributed by atoms with Gasteiger partial charge >= 0.3 is 0 Å². The van der Waals surface area contributed by atoms with E-state index >= 15 is 0 Å². The Bertz CT molecular complexity index is 155. The van der Waals surface area contributed by atoms with Gasteiger partial charge in [-0.25, -0.2) is 0 Å². The molecule has 4 heteroatoms. The highest BCUT2D eigenvalue weighted by Gasteiger charge is 2.14. The summed E-state index contributed by atoms with van der Waals surface area (Å²) < 4.78 is 0. The summed E-state index contributed by atoms with van der Waals surface area (Å²) in [5.41, 5.74) is 0. The van der Waals surface area contributed by atoms with Crippen LogP contribution in [0.15, 0.2) is 0 Å². The van der Waals surface area contributed by atoms with E-state index in [0.29, 0.717) is 12.3 Å². The summed E-state index contributed by atoms with van der Waals surface area (Å²) in [4.78, 5) is 13.5. The predicted molar refractivity (Wildman–Crippen MR) is 52.6 cm³/mol. The number of hydrogen-bond donors (Lipinski definition) is 2. The first kappa shape index (κ1) is 10.5. The van der Waals surface area contributed by atoms with E-state index in [1.165, 1.54) is 0 Å². The Morgan fingerprint density at radius 1 is 1.46 bits per heavy atom. The van der Waals surface area contributed by atoms with Crippen molar-refractivity contribution in [3.05, 3.63) is 0 Å². The van der Waals surface area contributed by atoms with Gasteiger partial charge in [0.15, 0.2) is 0 Å². The van der Waals surface area contributed by atoms with Gasteiger partial charge in [-0.05, 0) is 20.0 Å². The van der Waals surface area contributed by atoms with Crippen molar-refractivity contribution in [2.24, 2.45) is 0 Å². The molecule has 1 rings (SSSR count). The number of nitrogens with zero attached hydrogens (tertiary/aromatic N) is 1. The second-order valence-electron chi connectivity index (χ2n) is 3.34. The highest BCUT2D eigenvalue weighted by atomic mass is 16.2. The first-order valence-corrected chi connectivity index (χ1v) is 4.97. The summed E-state index contributed by atoms with van der Waals surface area (Å²) in [5, 5.41) is 6.27. The fourth-order valence-electron chi connectivity index (χ4n) is 1.49. The molecule has 4 nitrogen and oxygen atoms in total. The molecule has 2 N–H and O–H groups in total. The fraction of sp³-hybridized carbons (Fsp3) is 0.889. The molecule has 1 aliphatic heterocycles. The standard InChI is InChI=1S/C9H19N3O/c1-10-4-2-3-9(13)12-7-5-11-6-8-12/h10-11H,2-8H2,1H3. The average Bonchev–Trinajstić information content (AvgIpc) is 2.19. The normalized spacial score (nSPS) is 17.5. The molecule has 0 unspecified atom stereocenters. The van der Waals surface area contributed by atoms with Gasteiger partial charge in [0.2, 0.25) is 5.91 Å². The predicted octanol–water partition coefficient (Wildman–Crippen LogP) is -0.582. The Labute approximate surface area is 79.7 Å². The lowest BCUT2D eigenvalue weighted by Gasteiger charge is -2.27. The SMILES string of the molecule is CNCCCC(=O)N1CCNCC1. The minimum atomic E-state index is 0.303. The highest BCUT2D eigenvalue weighted by molar-refractivity contribution is 5.76. The van der Waals surface area contributed by atoms with Gasteiger partial charge in [0.25, 0.3) is 0 Å². The molecule has 0 radical (unpaired) electrons. The summed E-state index contributed by atoms with van der Waals surface area (Å²) in [6.07, 6.45) is 1.63. The summed E-state index contributed by atoms with van der Waals surface area (Å²) in [7, 11) is 1.91. The van der Waals surface area contributed by atoms with Crippen LogP contribution in [0.5, 0.6) is 0 Å². The third-order valence-electron chi connectivity index (χ3n) is 2.29. The van der Waals surface area contributed by atoms with Crippen molar-refractivity contribution >= 4 is 5.91 Å². The van der Waals surface area contributed by atoms with E-state index in [0.717, 1.165) is 39.1 Å². The van der Waals surface area contributed by atoms with Crippen LogP contribution < -0.4 is 10.6 Å². The minimum absolute atomic E-state index is 0.303.